The lowest BCUT2D eigenvalue weighted by atomic mass is 9.82. The van der Waals surface area contributed by atoms with Gasteiger partial charge in [0.25, 0.3) is 0 Å². The van der Waals surface area contributed by atoms with E-state index in [0.29, 0.717) is 0 Å². The fourth-order valence-corrected chi connectivity index (χ4v) is 10.8. The van der Waals surface area contributed by atoms with Crippen molar-refractivity contribution in [1.82, 2.24) is 0 Å². The Morgan fingerprint density at radius 1 is 0.349 bits per heavy atom. The van der Waals surface area contributed by atoms with Crippen LogP contribution in [0.4, 0.5) is 17.1 Å². The molecule has 13 rings (SSSR count). The zero-order valence-corrected chi connectivity index (χ0v) is 35.1. The number of hydrogen-bond acceptors (Lipinski definition) is 2. The molecule has 0 radical (unpaired) electrons. The molecule has 0 atom stereocenters. The van der Waals surface area contributed by atoms with Crippen molar-refractivity contribution in [1.29, 1.82) is 0 Å². The average molecular weight is 804 g/mol. The Bertz CT molecular complexity index is 3800. The Kier molecular flexibility index (Phi) is 7.68. The van der Waals surface area contributed by atoms with Crippen LogP contribution in [0.3, 0.4) is 0 Å². The maximum absolute atomic E-state index is 6.75. The second kappa shape index (κ2) is 13.5. The standard InChI is InChI=1S/C61H41NO/c1-61(2)56-21-11-9-19-51(56)52-32-30-44(37-57(52)61)62(43-29-31-50-48-17-6-5-15-46(48)47-16-7-8-18-49(47)55(50)36-43)42-27-25-39(26-28-42)45-33-34-54-53-20-10-12-22-58(53)63-60(54)59(45)41-24-23-38-13-3-4-14-40(38)35-41/h3-37H,1-2H3. The highest BCUT2D eigenvalue weighted by Crippen LogP contribution is 2.51. The molecule has 1 heterocycles. The number of benzene rings is 11. The Labute approximate surface area is 365 Å². The van der Waals surface area contributed by atoms with Crippen LogP contribution >= 0.6 is 0 Å². The van der Waals surface area contributed by atoms with Crippen LogP contribution in [0.5, 0.6) is 0 Å². The third kappa shape index (κ3) is 5.38. The number of hydrogen-bond donors (Lipinski definition) is 0. The zero-order valence-electron chi connectivity index (χ0n) is 35.1. The number of rotatable bonds is 5. The summed E-state index contributed by atoms with van der Waals surface area (Å²) in [6.07, 6.45) is 0. The van der Waals surface area contributed by atoms with Crippen molar-refractivity contribution >= 4 is 82.1 Å². The Morgan fingerprint density at radius 2 is 0.889 bits per heavy atom. The number of para-hydroxylation sites is 1. The highest BCUT2D eigenvalue weighted by molar-refractivity contribution is 6.26. The predicted octanol–water partition coefficient (Wildman–Crippen LogP) is 17.3. The summed E-state index contributed by atoms with van der Waals surface area (Å²) in [5.74, 6) is 0. The molecular weight excluding hydrogens is 763 g/mol. The predicted molar refractivity (Wildman–Crippen MR) is 267 cm³/mol. The van der Waals surface area contributed by atoms with Crippen molar-refractivity contribution in [2.45, 2.75) is 19.3 Å². The second-order valence-corrected chi connectivity index (χ2v) is 17.6. The van der Waals surface area contributed by atoms with E-state index >= 15 is 0 Å². The van der Waals surface area contributed by atoms with Gasteiger partial charge in [-0.05, 0) is 137 Å². The van der Waals surface area contributed by atoms with Gasteiger partial charge in [0.05, 0.1) is 0 Å². The van der Waals surface area contributed by atoms with Gasteiger partial charge in [0.2, 0.25) is 0 Å². The smallest absolute Gasteiger partial charge is 0.143 e. The topological polar surface area (TPSA) is 16.4 Å². The Morgan fingerprint density at radius 3 is 1.67 bits per heavy atom. The van der Waals surface area contributed by atoms with Gasteiger partial charge in [0, 0.05) is 38.8 Å². The molecule has 2 nitrogen and oxygen atoms in total. The lowest BCUT2D eigenvalue weighted by molar-refractivity contribution is 0.660. The molecule has 12 aromatic rings. The molecule has 1 aromatic heterocycles. The molecule has 1 aliphatic carbocycles. The van der Waals surface area contributed by atoms with Gasteiger partial charge in [0.15, 0.2) is 0 Å². The first-order valence-electron chi connectivity index (χ1n) is 21.9. The summed E-state index contributed by atoms with van der Waals surface area (Å²) in [6.45, 7) is 4.72. The minimum atomic E-state index is -0.134. The largest absolute Gasteiger partial charge is 0.455 e. The number of fused-ring (bicyclic) bond motifs is 13. The van der Waals surface area contributed by atoms with Crippen molar-refractivity contribution in [2.75, 3.05) is 4.90 Å². The van der Waals surface area contributed by atoms with Gasteiger partial charge in [-0.3, -0.25) is 0 Å². The number of nitrogens with zero attached hydrogens (tertiary/aromatic N) is 1. The molecule has 0 bridgehead atoms. The monoisotopic (exact) mass is 803 g/mol. The van der Waals surface area contributed by atoms with Crippen LogP contribution in [0.2, 0.25) is 0 Å². The maximum atomic E-state index is 6.75. The first kappa shape index (κ1) is 35.8. The summed E-state index contributed by atoms with van der Waals surface area (Å²) in [4.78, 5) is 2.44. The third-order valence-electron chi connectivity index (χ3n) is 13.8. The summed E-state index contributed by atoms with van der Waals surface area (Å²) in [5, 5.41) is 12.3. The summed E-state index contributed by atoms with van der Waals surface area (Å²) < 4.78 is 6.75. The first-order valence-corrected chi connectivity index (χ1v) is 21.9. The van der Waals surface area contributed by atoms with Crippen molar-refractivity contribution in [3.05, 3.63) is 223 Å². The molecule has 0 aliphatic heterocycles. The SMILES string of the molecule is CC1(C)c2ccccc2-c2ccc(N(c3ccc(-c4ccc5c(oc6ccccc65)c4-c4ccc5ccccc5c4)cc3)c3ccc4c5ccccc5c5ccccc5c4c3)cc21. The molecule has 2 heteroatoms. The van der Waals surface area contributed by atoms with E-state index in [9.17, 15) is 0 Å². The van der Waals surface area contributed by atoms with Crippen LogP contribution in [-0.2, 0) is 5.41 Å². The number of furan rings is 1. The molecule has 0 unspecified atom stereocenters. The Hall–Kier alpha value is -7.94. The van der Waals surface area contributed by atoms with Crippen LogP contribution in [0, 0.1) is 0 Å². The summed E-state index contributed by atoms with van der Waals surface area (Å²) in [5.41, 5.74) is 14.9. The second-order valence-electron chi connectivity index (χ2n) is 17.6. The van der Waals surface area contributed by atoms with Crippen molar-refractivity contribution in [3.63, 3.8) is 0 Å². The van der Waals surface area contributed by atoms with E-state index in [0.717, 1.165) is 61.3 Å². The summed E-state index contributed by atoms with van der Waals surface area (Å²) >= 11 is 0. The van der Waals surface area contributed by atoms with E-state index in [1.54, 1.807) is 0 Å². The maximum Gasteiger partial charge on any atom is 0.143 e. The van der Waals surface area contributed by atoms with Gasteiger partial charge in [-0.15, -0.1) is 0 Å². The molecular formula is C61H41NO. The quantitative estimate of drug-likeness (QED) is 0.161. The summed E-state index contributed by atoms with van der Waals surface area (Å²) in [7, 11) is 0. The third-order valence-corrected chi connectivity index (χ3v) is 13.8. The average Bonchev–Trinajstić information content (AvgIpc) is 3.83. The van der Waals surface area contributed by atoms with Gasteiger partial charge < -0.3 is 9.32 Å². The van der Waals surface area contributed by atoms with Crippen molar-refractivity contribution < 1.29 is 4.42 Å². The van der Waals surface area contributed by atoms with Gasteiger partial charge >= 0.3 is 0 Å². The minimum absolute atomic E-state index is 0.134. The fourth-order valence-electron chi connectivity index (χ4n) is 10.8. The highest BCUT2D eigenvalue weighted by Gasteiger charge is 2.36. The molecule has 0 fully saturated rings. The van der Waals surface area contributed by atoms with Crippen LogP contribution < -0.4 is 4.90 Å². The van der Waals surface area contributed by atoms with Gasteiger partial charge in [-0.2, -0.15) is 0 Å². The van der Waals surface area contributed by atoms with Crippen LogP contribution in [0.15, 0.2) is 217 Å². The van der Waals surface area contributed by atoms with E-state index in [-0.39, 0.29) is 5.41 Å². The highest BCUT2D eigenvalue weighted by atomic mass is 16.3. The van der Waals surface area contributed by atoms with Crippen LogP contribution in [0.25, 0.3) is 98.4 Å². The molecule has 0 N–H and O–H groups in total. The van der Waals surface area contributed by atoms with Gasteiger partial charge in [-0.1, -0.05) is 172 Å². The first-order chi connectivity index (χ1) is 31.0. The van der Waals surface area contributed by atoms with E-state index in [1.807, 2.05) is 6.07 Å². The van der Waals surface area contributed by atoms with E-state index in [1.165, 1.54) is 65.3 Å². The molecule has 0 saturated carbocycles. The molecule has 1 aliphatic rings. The van der Waals surface area contributed by atoms with Crippen LogP contribution in [0.1, 0.15) is 25.0 Å². The molecule has 63 heavy (non-hydrogen) atoms. The molecule has 0 amide bonds. The normalized spacial score (nSPS) is 13.0. The molecule has 296 valence electrons. The summed E-state index contributed by atoms with van der Waals surface area (Å²) in [6, 6.07) is 78.0. The lowest BCUT2D eigenvalue weighted by Gasteiger charge is -2.29. The number of anilines is 3. The molecule has 11 aromatic carbocycles. The van der Waals surface area contributed by atoms with Crippen LogP contribution in [-0.4, -0.2) is 0 Å². The zero-order chi connectivity index (χ0) is 41.8. The van der Waals surface area contributed by atoms with E-state index < -0.39 is 0 Å². The van der Waals surface area contributed by atoms with Gasteiger partial charge in [0.1, 0.15) is 11.2 Å². The molecule has 0 spiro atoms. The van der Waals surface area contributed by atoms with E-state index in [4.69, 9.17) is 4.42 Å². The minimum Gasteiger partial charge on any atom is -0.455 e. The van der Waals surface area contributed by atoms with Crippen molar-refractivity contribution in [2.24, 2.45) is 0 Å². The fraction of sp³-hybridized carbons (Fsp3) is 0.0492. The van der Waals surface area contributed by atoms with E-state index in [2.05, 4.69) is 225 Å². The molecule has 0 saturated heterocycles. The Balaban J connectivity index is 1.01. The van der Waals surface area contributed by atoms with Crippen molar-refractivity contribution in [3.8, 4) is 33.4 Å². The van der Waals surface area contributed by atoms with Gasteiger partial charge in [-0.25, -0.2) is 0 Å². The lowest BCUT2D eigenvalue weighted by Crippen LogP contribution is -2.16.